The highest BCUT2D eigenvalue weighted by Crippen LogP contribution is 2.29. The van der Waals surface area contributed by atoms with Crippen molar-refractivity contribution in [3.05, 3.63) is 45.1 Å². The molecule has 1 fully saturated rings. The van der Waals surface area contributed by atoms with Gasteiger partial charge in [0, 0.05) is 44.1 Å². The van der Waals surface area contributed by atoms with E-state index in [9.17, 15) is 18.5 Å². The third kappa shape index (κ3) is 4.88. The molecular formula is C21H25ClN4O3S2. The summed E-state index contributed by atoms with van der Waals surface area (Å²) in [7, 11) is -3.63. The lowest BCUT2D eigenvalue weighted by molar-refractivity contribution is -0.127. The van der Waals surface area contributed by atoms with Gasteiger partial charge in [0.1, 0.15) is 15.9 Å². The first-order chi connectivity index (χ1) is 14.7. The van der Waals surface area contributed by atoms with E-state index >= 15 is 0 Å². The van der Waals surface area contributed by atoms with Crippen molar-refractivity contribution >= 4 is 44.9 Å². The van der Waals surface area contributed by atoms with Gasteiger partial charge in [-0.1, -0.05) is 18.5 Å². The van der Waals surface area contributed by atoms with Crippen molar-refractivity contribution in [2.24, 2.45) is 0 Å². The maximum Gasteiger partial charge on any atom is 0.264 e. The van der Waals surface area contributed by atoms with Crippen LogP contribution >= 0.6 is 22.9 Å². The minimum absolute atomic E-state index is 0.0538. The Morgan fingerprint density at radius 3 is 2.48 bits per heavy atom. The normalized spacial score (nSPS) is 15.8. The van der Waals surface area contributed by atoms with Gasteiger partial charge in [0.15, 0.2) is 0 Å². The van der Waals surface area contributed by atoms with Crippen LogP contribution in [0.5, 0.6) is 0 Å². The SMILES string of the molecule is CCCn1c(C)cc(/C=C(/C#N)C(=O)N2CCN(S(=O)(=O)c3ccc(Cl)s3)CC2)c1C. The lowest BCUT2D eigenvalue weighted by Crippen LogP contribution is -2.50. The average Bonchev–Trinajstić information content (AvgIpc) is 3.31. The first kappa shape index (κ1) is 23.5. The van der Waals surface area contributed by atoms with Crippen molar-refractivity contribution in [1.82, 2.24) is 13.8 Å². The molecule has 0 aromatic carbocycles. The van der Waals surface area contributed by atoms with Gasteiger partial charge in [-0.3, -0.25) is 4.79 Å². The van der Waals surface area contributed by atoms with E-state index in [0.717, 1.165) is 41.3 Å². The van der Waals surface area contributed by atoms with Gasteiger partial charge in [-0.25, -0.2) is 8.42 Å². The summed E-state index contributed by atoms with van der Waals surface area (Å²) in [6, 6.07) is 7.05. The molecule has 0 saturated carbocycles. The van der Waals surface area contributed by atoms with E-state index in [2.05, 4.69) is 11.5 Å². The molecule has 166 valence electrons. The highest BCUT2D eigenvalue weighted by molar-refractivity contribution is 7.91. The summed E-state index contributed by atoms with van der Waals surface area (Å²) in [5.41, 5.74) is 3.01. The van der Waals surface area contributed by atoms with Crippen LogP contribution in [0, 0.1) is 25.2 Å². The minimum Gasteiger partial charge on any atom is -0.349 e. The van der Waals surface area contributed by atoms with Gasteiger partial charge < -0.3 is 9.47 Å². The second kappa shape index (κ2) is 9.57. The fourth-order valence-corrected chi connectivity index (χ4v) is 6.76. The molecule has 0 atom stereocenters. The minimum atomic E-state index is -3.63. The number of rotatable bonds is 6. The fraction of sp³-hybridized carbons (Fsp3) is 0.429. The number of amides is 1. The molecule has 3 rings (SSSR count). The summed E-state index contributed by atoms with van der Waals surface area (Å²) < 4.78 is 29.6. The van der Waals surface area contributed by atoms with Crippen molar-refractivity contribution in [2.75, 3.05) is 26.2 Å². The van der Waals surface area contributed by atoms with Crippen molar-refractivity contribution in [2.45, 2.75) is 37.9 Å². The van der Waals surface area contributed by atoms with E-state index in [4.69, 9.17) is 11.6 Å². The highest BCUT2D eigenvalue weighted by Gasteiger charge is 2.32. The molecule has 0 bridgehead atoms. The van der Waals surface area contributed by atoms with Crippen LogP contribution in [0.15, 0.2) is 28.0 Å². The standard InChI is InChI=1S/C21H25ClN4O3S2/c1-4-7-26-15(2)12-17(16(26)3)13-18(14-23)21(27)24-8-10-25(11-9-24)31(28,29)20-6-5-19(22)30-20/h5-6,12-13H,4,7-11H2,1-3H3/b18-13-. The Morgan fingerprint density at radius 2 is 1.94 bits per heavy atom. The quantitative estimate of drug-likeness (QED) is 0.466. The Kier molecular flexibility index (Phi) is 7.27. The van der Waals surface area contributed by atoms with Crippen LogP contribution in [0.4, 0.5) is 0 Å². The Hall–Kier alpha value is -2.12. The smallest absolute Gasteiger partial charge is 0.264 e. The molecule has 31 heavy (non-hydrogen) atoms. The molecule has 0 N–H and O–H groups in total. The molecule has 3 heterocycles. The first-order valence-electron chi connectivity index (χ1n) is 10.0. The van der Waals surface area contributed by atoms with Gasteiger partial charge in [-0.15, -0.1) is 11.3 Å². The molecule has 1 amide bonds. The number of thiophene rings is 1. The van der Waals surface area contributed by atoms with Gasteiger partial charge in [-0.2, -0.15) is 9.57 Å². The first-order valence-corrected chi connectivity index (χ1v) is 12.7. The lowest BCUT2D eigenvalue weighted by Gasteiger charge is -2.33. The van der Waals surface area contributed by atoms with Crippen LogP contribution in [0.3, 0.4) is 0 Å². The molecule has 7 nitrogen and oxygen atoms in total. The maximum atomic E-state index is 12.9. The number of hydrogen-bond donors (Lipinski definition) is 0. The lowest BCUT2D eigenvalue weighted by atomic mass is 10.1. The van der Waals surface area contributed by atoms with E-state index in [-0.39, 0.29) is 41.9 Å². The molecule has 0 radical (unpaired) electrons. The molecule has 1 aliphatic rings. The number of carbonyl (C=O) groups is 1. The van der Waals surface area contributed by atoms with Gasteiger partial charge in [-0.05, 0) is 50.1 Å². The molecule has 0 unspecified atom stereocenters. The second-order valence-electron chi connectivity index (χ2n) is 7.40. The highest BCUT2D eigenvalue weighted by atomic mass is 35.5. The molecule has 1 aliphatic heterocycles. The summed E-state index contributed by atoms with van der Waals surface area (Å²) in [5, 5.41) is 9.60. The monoisotopic (exact) mass is 480 g/mol. The summed E-state index contributed by atoms with van der Waals surface area (Å²) in [6.45, 7) is 7.78. The topological polar surface area (TPSA) is 86.4 Å². The van der Waals surface area contributed by atoms with E-state index in [1.165, 1.54) is 15.3 Å². The van der Waals surface area contributed by atoms with Crippen molar-refractivity contribution in [1.29, 1.82) is 5.26 Å². The third-order valence-corrected chi connectivity index (χ3v) is 8.98. The number of aryl methyl sites for hydroxylation is 1. The molecule has 0 aliphatic carbocycles. The maximum absolute atomic E-state index is 12.9. The zero-order valence-electron chi connectivity index (χ0n) is 17.8. The molecule has 2 aromatic heterocycles. The van der Waals surface area contributed by atoms with E-state index in [0.29, 0.717) is 4.34 Å². The summed E-state index contributed by atoms with van der Waals surface area (Å²) in [4.78, 5) is 14.5. The van der Waals surface area contributed by atoms with E-state index in [1.807, 2.05) is 26.0 Å². The van der Waals surface area contributed by atoms with Crippen LogP contribution < -0.4 is 0 Å². The van der Waals surface area contributed by atoms with Gasteiger partial charge >= 0.3 is 0 Å². The fourth-order valence-electron chi connectivity index (χ4n) is 3.70. The predicted octanol–water partition coefficient (Wildman–Crippen LogP) is 3.67. The van der Waals surface area contributed by atoms with Crippen LogP contribution in [-0.4, -0.2) is 54.3 Å². The van der Waals surface area contributed by atoms with Crippen LogP contribution in [0.1, 0.15) is 30.3 Å². The molecule has 0 spiro atoms. The van der Waals surface area contributed by atoms with Gasteiger partial charge in [0.05, 0.1) is 4.34 Å². The number of aromatic nitrogens is 1. The summed E-state index contributed by atoms with van der Waals surface area (Å²) >= 11 is 6.89. The van der Waals surface area contributed by atoms with Crippen LogP contribution in [-0.2, 0) is 21.4 Å². The second-order valence-corrected chi connectivity index (χ2v) is 11.3. The Morgan fingerprint density at radius 1 is 1.26 bits per heavy atom. The van der Waals surface area contributed by atoms with Gasteiger partial charge in [0.25, 0.3) is 15.9 Å². The number of piperazine rings is 1. The number of hydrogen-bond acceptors (Lipinski definition) is 5. The van der Waals surface area contributed by atoms with Crippen LogP contribution in [0.2, 0.25) is 4.34 Å². The van der Waals surface area contributed by atoms with E-state index in [1.54, 1.807) is 12.1 Å². The zero-order chi connectivity index (χ0) is 22.8. The third-order valence-electron chi connectivity index (χ3n) is 5.38. The summed E-state index contributed by atoms with van der Waals surface area (Å²) in [6.07, 6.45) is 2.63. The number of sulfonamides is 1. The predicted molar refractivity (Wildman–Crippen MR) is 122 cm³/mol. The molecule has 10 heteroatoms. The zero-order valence-corrected chi connectivity index (χ0v) is 20.1. The van der Waals surface area contributed by atoms with Gasteiger partial charge in [0.2, 0.25) is 0 Å². The van der Waals surface area contributed by atoms with Crippen molar-refractivity contribution in [3.63, 3.8) is 0 Å². The Balaban J connectivity index is 1.73. The number of nitriles is 1. The van der Waals surface area contributed by atoms with E-state index < -0.39 is 10.0 Å². The molecule has 2 aromatic rings. The number of nitrogens with zero attached hydrogens (tertiary/aromatic N) is 4. The van der Waals surface area contributed by atoms with Crippen molar-refractivity contribution < 1.29 is 13.2 Å². The summed E-state index contributed by atoms with van der Waals surface area (Å²) in [5.74, 6) is -0.376. The van der Waals surface area contributed by atoms with Crippen LogP contribution in [0.25, 0.3) is 6.08 Å². The Labute approximate surface area is 192 Å². The largest absolute Gasteiger partial charge is 0.349 e. The Bertz CT molecular complexity index is 1150. The molecular weight excluding hydrogens is 456 g/mol. The average molecular weight is 481 g/mol. The van der Waals surface area contributed by atoms with Crippen molar-refractivity contribution in [3.8, 4) is 6.07 Å². The number of halogens is 1. The molecule has 1 saturated heterocycles. The number of carbonyl (C=O) groups excluding carboxylic acids is 1.